The third-order valence-electron chi connectivity index (χ3n) is 3.91. The number of carbonyl (C=O) groups is 1. The number of hydrogen-bond acceptors (Lipinski definition) is 7. The average molecular weight is 403 g/mol. The molecule has 138 valence electrons. The van der Waals surface area contributed by atoms with Crippen molar-refractivity contribution >= 4 is 38.9 Å². The Balaban J connectivity index is 1.62. The van der Waals surface area contributed by atoms with Crippen molar-refractivity contribution in [2.24, 2.45) is 0 Å². The van der Waals surface area contributed by atoms with Gasteiger partial charge >= 0.3 is 5.97 Å². The summed E-state index contributed by atoms with van der Waals surface area (Å²) in [4.78, 5) is 17.2. The lowest BCUT2D eigenvalue weighted by Gasteiger charge is -2.00. The molecule has 3 aromatic heterocycles. The summed E-state index contributed by atoms with van der Waals surface area (Å²) < 4.78 is 20.7. The minimum atomic E-state index is -1.03. The van der Waals surface area contributed by atoms with Crippen molar-refractivity contribution in [3.05, 3.63) is 51.7 Å². The molecule has 0 saturated heterocycles. The molecule has 0 bridgehead atoms. The number of benzene rings is 1. The van der Waals surface area contributed by atoms with Crippen molar-refractivity contribution in [3.63, 3.8) is 0 Å². The van der Waals surface area contributed by atoms with Crippen molar-refractivity contribution in [2.75, 3.05) is 0 Å². The Morgan fingerprint density at radius 1 is 1.22 bits per heavy atom. The zero-order chi connectivity index (χ0) is 19.0. The molecule has 0 spiro atoms. The fourth-order valence-corrected chi connectivity index (χ4v) is 4.61. The number of thiazole rings is 1. The van der Waals surface area contributed by atoms with Gasteiger partial charge in [-0.05, 0) is 24.6 Å². The molecular weight excluding hydrogens is 389 g/mol. The van der Waals surface area contributed by atoms with E-state index in [2.05, 4.69) is 22.1 Å². The van der Waals surface area contributed by atoms with Crippen LogP contribution in [0.3, 0.4) is 0 Å². The molecule has 0 aliphatic carbocycles. The van der Waals surface area contributed by atoms with Gasteiger partial charge in [-0.1, -0.05) is 6.92 Å². The summed E-state index contributed by atoms with van der Waals surface area (Å²) in [7, 11) is 0. The van der Waals surface area contributed by atoms with Crippen LogP contribution in [-0.4, -0.2) is 26.3 Å². The third kappa shape index (κ3) is 3.74. The molecule has 0 atom stereocenters. The second kappa shape index (κ2) is 7.16. The van der Waals surface area contributed by atoms with E-state index in [9.17, 15) is 9.18 Å². The topological polar surface area (TPSA) is 89.1 Å². The monoisotopic (exact) mass is 403 g/mol. The minimum absolute atomic E-state index is 0.0522. The Kier molecular flexibility index (Phi) is 4.71. The van der Waals surface area contributed by atoms with Gasteiger partial charge in [0.1, 0.15) is 17.2 Å². The predicted molar refractivity (Wildman–Crippen MR) is 101 cm³/mol. The van der Waals surface area contributed by atoms with Gasteiger partial charge in [-0.3, -0.25) is 4.79 Å². The summed E-state index contributed by atoms with van der Waals surface area (Å²) in [5.74, 6) is -0.994. The first-order valence-corrected chi connectivity index (χ1v) is 9.86. The van der Waals surface area contributed by atoms with Crippen LogP contribution in [0.5, 0.6) is 0 Å². The van der Waals surface area contributed by atoms with Crippen LogP contribution in [0, 0.1) is 5.82 Å². The van der Waals surface area contributed by atoms with Crippen molar-refractivity contribution < 1.29 is 18.7 Å². The van der Waals surface area contributed by atoms with Crippen LogP contribution in [0.25, 0.3) is 20.7 Å². The molecule has 0 radical (unpaired) electrons. The molecule has 3 heterocycles. The highest BCUT2D eigenvalue weighted by Crippen LogP contribution is 2.35. The summed E-state index contributed by atoms with van der Waals surface area (Å²) >= 11 is 3.02. The van der Waals surface area contributed by atoms with E-state index in [1.54, 1.807) is 11.3 Å². The van der Waals surface area contributed by atoms with Gasteiger partial charge < -0.3 is 9.52 Å². The molecule has 9 heteroatoms. The molecule has 1 aromatic carbocycles. The summed E-state index contributed by atoms with van der Waals surface area (Å²) in [6.07, 6.45) is 0.886. The van der Waals surface area contributed by atoms with Crippen LogP contribution in [-0.2, 0) is 24.1 Å². The molecule has 1 N–H and O–H groups in total. The van der Waals surface area contributed by atoms with Gasteiger partial charge in [-0.2, -0.15) is 0 Å². The Morgan fingerprint density at radius 3 is 2.78 bits per heavy atom. The highest BCUT2D eigenvalue weighted by atomic mass is 32.1. The van der Waals surface area contributed by atoms with Gasteiger partial charge in [0.15, 0.2) is 0 Å². The van der Waals surface area contributed by atoms with Crippen molar-refractivity contribution in [3.8, 4) is 10.4 Å². The van der Waals surface area contributed by atoms with E-state index in [-0.39, 0.29) is 30.4 Å². The average Bonchev–Trinajstić information content (AvgIpc) is 3.33. The maximum atomic E-state index is 14.6. The van der Waals surface area contributed by atoms with Crippen LogP contribution in [0.1, 0.15) is 28.6 Å². The number of aryl methyl sites for hydroxylation is 1. The smallest absolute Gasteiger partial charge is 0.312 e. The first kappa shape index (κ1) is 17.7. The maximum Gasteiger partial charge on any atom is 0.312 e. The van der Waals surface area contributed by atoms with E-state index in [1.807, 2.05) is 18.2 Å². The first-order valence-electron chi connectivity index (χ1n) is 8.23. The lowest BCUT2D eigenvalue weighted by Crippen LogP contribution is -1.99. The lowest BCUT2D eigenvalue weighted by molar-refractivity contribution is -0.136. The number of aliphatic carboxylic acids is 1. The maximum absolute atomic E-state index is 14.6. The number of thiophene rings is 1. The molecule has 0 fully saturated rings. The van der Waals surface area contributed by atoms with Gasteiger partial charge in [0.05, 0.1) is 16.6 Å². The number of halogens is 1. The minimum Gasteiger partial charge on any atom is -0.481 e. The molecule has 4 rings (SSSR count). The highest BCUT2D eigenvalue weighted by molar-refractivity contribution is 7.18. The van der Waals surface area contributed by atoms with E-state index < -0.39 is 5.97 Å². The normalized spacial score (nSPS) is 11.3. The second-order valence-electron chi connectivity index (χ2n) is 5.86. The third-order valence-corrected chi connectivity index (χ3v) is 6.19. The van der Waals surface area contributed by atoms with Gasteiger partial charge in [-0.15, -0.1) is 32.9 Å². The number of rotatable bonds is 6. The van der Waals surface area contributed by atoms with Crippen LogP contribution in [0.15, 0.2) is 28.7 Å². The largest absolute Gasteiger partial charge is 0.481 e. The molecular formula is C18H14FN3O3S2. The Bertz CT molecular complexity index is 1130. The number of hydrogen-bond donors (Lipinski definition) is 1. The van der Waals surface area contributed by atoms with Crippen LogP contribution >= 0.6 is 22.7 Å². The van der Waals surface area contributed by atoms with E-state index >= 15 is 0 Å². The van der Waals surface area contributed by atoms with Crippen LogP contribution in [0.2, 0.25) is 0 Å². The van der Waals surface area contributed by atoms with Crippen molar-refractivity contribution in [2.45, 2.75) is 26.2 Å². The van der Waals surface area contributed by atoms with Crippen LogP contribution in [0.4, 0.5) is 4.39 Å². The van der Waals surface area contributed by atoms with E-state index in [1.165, 1.54) is 22.3 Å². The lowest BCUT2D eigenvalue weighted by atomic mass is 10.1. The van der Waals surface area contributed by atoms with Crippen LogP contribution < -0.4 is 0 Å². The summed E-state index contributed by atoms with van der Waals surface area (Å²) in [6, 6.07) is 7.23. The number of fused-ring (bicyclic) bond motifs is 1. The van der Waals surface area contributed by atoms with Gasteiger partial charge in [-0.25, -0.2) is 9.37 Å². The Labute approximate surface area is 161 Å². The number of nitrogens with zero attached hydrogens (tertiary/aromatic N) is 3. The number of carboxylic acid groups (broad SMARTS) is 1. The molecule has 0 aliphatic heterocycles. The molecule has 0 unspecified atom stereocenters. The molecule has 27 heavy (non-hydrogen) atoms. The predicted octanol–water partition coefficient (Wildman–Crippen LogP) is 4.33. The van der Waals surface area contributed by atoms with E-state index in [0.717, 1.165) is 16.0 Å². The number of carboxylic acids is 1. The zero-order valence-corrected chi connectivity index (χ0v) is 15.9. The SMILES string of the molecule is CCc1ccc(-c2cc3sc(Cc4nnc(CC(=O)O)o4)nc3cc2F)s1. The van der Waals surface area contributed by atoms with Gasteiger partial charge in [0.25, 0.3) is 0 Å². The zero-order valence-electron chi connectivity index (χ0n) is 14.2. The summed E-state index contributed by atoms with van der Waals surface area (Å²) in [5.41, 5.74) is 1.15. The molecule has 0 saturated carbocycles. The van der Waals surface area contributed by atoms with E-state index in [0.29, 0.717) is 16.1 Å². The Morgan fingerprint density at radius 2 is 2.04 bits per heavy atom. The van der Waals surface area contributed by atoms with Gasteiger partial charge in [0.2, 0.25) is 11.8 Å². The molecule has 0 aliphatic rings. The fourth-order valence-electron chi connectivity index (χ4n) is 2.66. The summed E-state index contributed by atoms with van der Waals surface area (Å²) in [5, 5.41) is 17.0. The molecule has 4 aromatic rings. The summed E-state index contributed by atoms with van der Waals surface area (Å²) in [6.45, 7) is 2.07. The van der Waals surface area contributed by atoms with Crippen molar-refractivity contribution in [1.82, 2.24) is 15.2 Å². The molecule has 0 amide bonds. The van der Waals surface area contributed by atoms with Gasteiger partial charge in [0, 0.05) is 21.4 Å². The fraction of sp³-hybridized carbons (Fsp3) is 0.222. The van der Waals surface area contributed by atoms with E-state index in [4.69, 9.17) is 9.52 Å². The Hall–Kier alpha value is -2.65. The first-order chi connectivity index (χ1) is 13.0. The number of aromatic nitrogens is 3. The standard InChI is InChI=1S/C18H14FN3O3S2/c1-2-9-3-4-13(26-9)10-5-14-12(6-11(10)19)20-17(27-14)7-15-21-22-16(25-15)8-18(23)24/h3-6H,2,7-8H2,1H3,(H,23,24). The quantitative estimate of drug-likeness (QED) is 0.515. The highest BCUT2D eigenvalue weighted by Gasteiger charge is 2.15. The van der Waals surface area contributed by atoms with Crippen molar-refractivity contribution in [1.29, 1.82) is 0 Å². The molecule has 6 nitrogen and oxygen atoms in total. The second-order valence-corrected chi connectivity index (χ2v) is 8.15.